The van der Waals surface area contributed by atoms with E-state index in [1.165, 1.54) is 4.88 Å². The summed E-state index contributed by atoms with van der Waals surface area (Å²) in [4.78, 5) is 5.27. The summed E-state index contributed by atoms with van der Waals surface area (Å²) >= 11 is 7.57. The molecule has 0 aliphatic carbocycles. The van der Waals surface area contributed by atoms with E-state index in [1.807, 2.05) is 28.3 Å². The van der Waals surface area contributed by atoms with E-state index in [4.69, 9.17) is 11.6 Å². The smallest absolute Gasteiger partial charge is 0.0991 e. The zero-order chi connectivity index (χ0) is 13.1. The lowest BCUT2D eigenvalue weighted by atomic mass is 10.2. The van der Waals surface area contributed by atoms with Crippen LogP contribution in [0.4, 0.5) is 5.69 Å². The van der Waals surface area contributed by atoms with E-state index in [0.29, 0.717) is 0 Å². The lowest BCUT2D eigenvalue weighted by Crippen LogP contribution is -1.98. The van der Waals surface area contributed by atoms with Crippen LogP contribution in [0.1, 0.15) is 4.88 Å². The summed E-state index contributed by atoms with van der Waals surface area (Å²) in [5.74, 6) is 0. The Kier molecular flexibility index (Phi) is 3.53. The molecule has 0 bridgehead atoms. The van der Waals surface area contributed by atoms with Gasteiger partial charge in [0, 0.05) is 40.6 Å². The first kappa shape index (κ1) is 12.3. The summed E-state index contributed by atoms with van der Waals surface area (Å²) < 4.78 is 1.98. The van der Waals surface area contributed by atoms with Gasteiger partial charge in [-0.15, -0.1) is 11.3 Å². The van der Waals surface area contributed by atoms with E-state index >= 15 is 0 Å². The highest BCUT2D eigenvalue weighted by atomic mass is 35.5. The normalized spacial score (nSPS) is 10.6. The van der Waals surface area contributed by atoms with E-state index in [9.17, 15) is 0 Å². The van der Waals surface area contributed by atoms with Crippen LogP contribution in [0.3, 0.4) is 0 Å². The molecule has 1 aromatic carbocycles. The Balaban J connectivity index is 1.73. The highest BCUT2D eigenvalue weighted by molar-refractivity contribution is 7.10. The van der Waals surface area contributed by atoms with Gasteiger partial charge in [0.15, 0.2) is 0 Å². The zero-order valence-electron chi connectivity index (χ0n) is 10.1. The van der Waals surface area contributed by atoms with E-state index in [0.717, 1.165) is 22.9 Å². The van der Waals surface area contributed by atoms with Crippen LogP contribution < -0.4 is 5.32 Å². The first-order valence-electron chi connectivity index (χ1n) is 5.86. The SMILES string of the molecule is Clc1csc(CNc2cccc(-n3ccnc3)c2)c1. The molecule has 0 saturated carbocycles. The lowest BCUT2D eigenvalue weighted by Gasteiger charge is -2.07. The van der Waals surface area contributed by atoms with Gasteiger partial charge in [0.1, 0.15) is 0 Å². The Labute approximate surface area is 120 Å². The molecule has 0 aliphatic rings. The minimum absolute atomic E-state index is 0.783. The molecule has 0 amide bonds. The molecule has 0 fully saturated rings. The quantitative estimate of drug-likeness (QED) is 0.780. The van der Waals surface area contributed by atoms with Gasteiger partial charge in [-0.25, -0.2) is 4.98 Å². The molecule has 1 N–H and O–H groups in total. The standard InChI is InChI=1S/C14H12ClN3S/c15-11-6-14(19-9-11)8-17-12-2-1-3-13(7-12)18-5-4-16-10-18/h1-7,9-10,17H,8H2. The van der Waals surface area contributed by atoms with Crippen LogP contribution in [-0.4, -0.2) is 9.55 Å². The number of hydrogen-bond acceptors (Lipinski definition) is 3. The van der Waals surface area contributed by atoms with Crippen molar-refractivity contribution in [3.63, 3.8) is 0 Å². The van der Waals surface area contributed by atoms with Crippen LogP contribution in [0.2, 0.25) is 5.02 Å². The van der Waals surface area contributed by atoms with E-state index in [2.05, 4.69) is 28.5 Å². The Hall–Kier alpha value is -1.78. The number of aromatic nitrogens is 2. The maximum atomic E-state index is 5.91. The van der Waals surface area contributed by atoms with Gasteiger partial charge in [-0.3, -0.25) is 0 Å². The molecule has 96 valence electrons. The van der Waals surface area contributed by atoms with Gasteiger partial charge in [0.2, 0.25) is 0 Å². The minimum Gasteiger partial charge on any atom is -0.380 e. The lowest BCUT2D eigenvalue weighted by molar-refractivity contribution is 1.05. The third kappa shape index (κ3) is 2.97. The van der Waals surface area contributed by atoms with Gasteiger partial charge in [-0.1, -0.05) is 17.7 Å². The molecule has 0 unspecified atom stereocenters. The Bertz CT molecular complexity index is 661. The second kappa shape index (κ2) is 5.47. The third-order valence-electron chi connectivity index (χ3n) is 2.74. The van der Waals surface area contributed by atoms with Gasteiger partial charge in [0.05, 0.1) is 11.3 Å². The van der Waals surface area contributed by atoms with E-state index < -0.39 is 0 Å². The van der Waals surface area contributed by atoms with Crippen molar-refractivity contribution in [2.24, 2.45) is 0 Å². The number of hydrogen-bond donors (Lipinski definition) is 1. The number of halogens is 1. The Morgan fingerprint density at radius 1 is 1.32 bits per heavy atom. The summed E-state index contributed by atoms with van der Waals surface area (Å²) in [6.07, 6.45) is 5.49. The number of rotatable bonds is 4. The fourth-order valence-electron chi connectivity index (χ4n) is 1.82. The van der Waals surface area contributed by atoms with Gasteiger partial charge < -0.3 is 9.88 Å². The van der Waals surface area contributed by atoms with Crippen LogP contribution in [0.5, 0.6) is 0 Å². The first-order valence-corrected chi connectivity index (χ1v) is 7.12. The zero-order valence-corrected chi connectivity index (χ0v) is 11.7. The molecule has 5 heteroatoms. The number of nitrogens with zero attached hydrogens (tertiary/aromatic N) is 2. The molecular weight excluding hydrogens is 278 g/mol. The molecule has 3 aromatic rings. The van der Waals surface area contributed by atoms with Gasteiger partial charge in [-0.2, -0.15) is 0 Å². The highest BCUT2D eigenvalue weighted by Crippen LogP contribution is 2.21. The van der Waals surface area contributed by atoms with Crippen LogP contribution in [0, 0.1) is 0 Å². The molecule has 3 rings (SSSR count). The van der Waals surface area contributed by atoms with Gasteiger partial charge >= 0.3 is 0 Å². The maximum absolute atomic E-state index is 5.91. The van der Waals surface area contributed by atoms with E-state index in [1.54, 1.807) is 23.9 Å². The summed E-state index contributed by atoms with van der Waals surface area (Å²) in [7, 11) is 0. The third-order valence-corrected chi connectivity index (χ3v) is 4.02. The molecule has 0 radical (unpaired) electrons. The van der Waals surface area contributed by atoms with Crippen molar-refractivity contribution in [2.75, 3.05) is 5.32 Å². The average molecular weight is 290 g/mol. The fraction of sp³-hybridized carbons (Fsp3) is 0.0714. The van der Waals surface area contributed by atoms with Crippen LogP contribution in [0.25, 0.3) is 5.69 Å². The highest BCUT2D eigenvalue weighted by Gasteiger charge is 2.00. The van der Waals surface area contributed by atoms with Gasteiger partial charge in [0.25, 0.3) is 0 Å². The number of nitrogens with one attached hydrogen (secondary N) is 1. The van der Waals surface area contributed by atoms with Crippen LogP contribution in [0.15, 0.2) is 54.4 Å². The number of thiophene rings is 1. The molecule has 0 aliphatic heterocycles. The first-order chi connectivity index (χ1) is 9.31. The number of anilines is 1. The number of imidazole rings is 1. The monoisotopic (exact) mass is 289 g/mol. The topological polar surface area (TPSA) is 29.9 Å². The van der Waals surface area contributed by atoms with Crippen molar-refractivity contribution in [1.82, 2.24) is 9.55 Å². The van der Waals surface area contributed by atoms with Crippen molar-refractivity contribution in [3.05, 3.63) is 64.3 Å². The average Bonchev–Trinajstić information content (AvgIpc) is 3.08. The molecule has 0 atom stereocenters. The van der Waals surface area contributed by atoms with Crippen molar-refractivity contribution >= 4 is 28.6 Å². The fourth-order valence-corrected chi connectivity index (χ4v) is 2.84. The predicted molar refractivity (Wildman–Crippen MR) is 80.2 cm³/mol. The summed E-state index contributed by atoms with van der Waals surface area (Å²) in [5, 5.41) is 6.14. The van der Waals surface area contributed by atoms with Gasteiger partial charge in [-0.05, 0) is 24.3 Å². The molecule has 0 saturated heterocycles. The molecule has 2 aromatic heterocycles. The predicted octanol–water partition coefficient (Wildman–Crippen LogP) is 4.20. The van der Waals surface area contributed by atoms with Crippen LogP contribution in [-0.2, 0) is 6.54 Å². The summed E-state index contributed by atoms with van der Waals surface area (Å²) in [6.45, 7) is 0.783. The van der Waals surface area contributed by atoms with Crippen molar-refractivity contribution < 1.29 is 0 Å². The largest absolute Gasteiger partial charge is 0.380 e. The minimum atomic E-state index is 0.783. The van der Waals surface area contributed by atoms with Crippen molar-refractivity contribution in [1.29, 1.82) is 0 Å². The van der Waals surface area contributed by atoms with Crippen molar-refractivity contribution in [3.8, 4) is 5.69 Å². The summed E-state index contributed by atoms with van der Waals surface area (Å²) in [6, 6.07) is 10.2. The Morgan fingerprint density at radius 3 is 3.00 bits per heavy atom. The second-order valence-electron chi connectivity index (χ2n) is 4.11. The van der Waals surface area contributed by atoms with Crippen LogP contribution >= 0.6 is 22.9 Å². The maximum Gasteiger partial charge on any atom is 0.0991 e. The Morgan fingerprint density at radius 2 is 2.26 bits per heavy atom. The molecular formula is C14H12ClN3S. The molecule has 2 heterocycles. The van der Waals surface area contributed by atoms with E-state index in [-0.39, 0.29) is 0 Å². The molecule has 3 nitrogen and oxygen atoms in total. The molecule has 0 spiro atoms. The summed E-state index contributed by atoms with van der Waals surface area (Å²) in [5.41, 5.74) is 2.17. The number of benzene rings is 1. The second-order valence-corrected chi connectivity index (χ2v) is 5.54. The van der Waals surface area contributed by atoms with Crippen molar-refractivity contribution in [2.45, 2.75) is 6.54 Å². The molecule has 19 heavy (non-hydrogen) atoms.